The number of nitrogens with one attached hydrogen (secondary N) is 1. The number of aromatic nitrogens is 4. The number of nitrogens with zero attached hydrogens (tertiary/aromatic N) is 5. The largest absolute Gasteiger partial charge is 0.353 e. The van der Waals surface area contributed by atoms with Crippen molar-refractivity contribution in [1.82, 2.24) is 24.4 Å². The Morgan fingerprint density at radius 1 is 1.04 bits per heavy atom. The molecule has 1 N–H and O–H groups in total. The van der Waals surface area contributed by atoms with Gasteiger partial charge in [-0.2, -0.15) is 0 Å². The van der Waals surface area contributed by atoms with Gasteiger partial charge in [-0.25, -0.2) is 9.78 Å². The highest BCUT2D eigenvalue weighted by Gasteiger charge is 2.17. The van der Waals surface area contributed by atoms with Gasteiger partial charge in [-0.15, -0.1) is 0 Å². The molecule has 1 saturated heterocycles. The maximum Gasteiger partial charge on any atom is 0.326 e. The number of fused-ring (bicyclic) bond motifs is 1. The molecule has 7 nitrogen and oxygen atoms in total. The van der Waals surface area contributed by atoms with Gasteiger partial charge in [-0.1, -0.05) is 12.1 Å². The second-order valence-electron chi connectivity index (χ2n) is 6.34. The predicted octanol–water partition coefficient (Wildman–Crippen LogP) is 1.33. The zero-order valence-electron chi connectivity index (χ0n) is 14.1. The molecule has 0 spiro atoms. The monoisotopic (exact) mass is 338 g/mol. The molecule has 1 aromatic carbocycles. The highest BCUT2D eigenvalue weighted by atomic mass is 16.1. The molecule has 4 rings (SSSR count). The normalized spacial score (nSPS) is 15.8. The van der Waals surface area contributed by atoms with Gasteiger partial charge in [0.15, 0.2) is 0 Å². The Balaban J connectivity index is 1.30. The molecule has 2 aromatic heterocycles. The van der Waals surface area contributed by atoms with E-state index in [0.717, 1.165) is 62.5 Å². The first-order chi connectivity index (χ1) is 12.3. The average molecular weight is 338 g/mol. The fourth-order valence-corrected chi connectivity index (χ4v) is 3.44. The number of anilines is 1. The van der Waals surface area contributed by atoms with E-state index in [1.807, 2.05) is 35.0 Å². The van der Waals surface area contributed by atoms with Crippen LogP contribution in [0.5, 0.6) is 0 Å². The lowest BCUT2D eigenvalue weighted by atomic mass is 10.2. The molecule has 0 bridgehead atoms. The van der Waals surface area contributed by atoms with Crippen molar-refractivity contribution in [3.8, 4) is 0 Å². The quantitative estimate of drug-likeness (QED) is 0.760. The zero-order valence-corrected chi connectivity index (χ0v) is 14.1. The first-order valence-corrected chi connectivity index (χ1v) is 8.72. The fourth-order valence-electron chi connectivity index (χ4n) is 3.44. The third kappa shape index (κ3) is 3.41. The van der Waals surface area contributed by atoms with Gasteiger partial charge in [0.1, 0.15) is 5.82 Å². The minimum Gasteiger partial charge on any atom is -0.353 e. The van der Waals surface area contributed by atoms with Crippen LogP contribution in [0.1, 0.15) is 6.42 Å². The molecule has 0 saturated carbocycles. The molecule has 3 heterocycles. The number of H-pyrrole nitrogens is 1. The molecule has 0 aliphatic carbocycles. The lowest BCUT2D eigenvalue weighted by Crippen LogP contribution is -2.47. The van der Waals surface area contributed by atoms with Crippen molar-refractivity contribution in [1.29, 1.82) is 0 Å². The minimum atomic E-state index is -0.0197. The number of hydrogen-bond acceptors (Lipinski definition) is 5. The van der Waals surface area contributed by atoms with Gasteiger partial charge in [0.2, 0.25) is 0 Å². The minimum absolute atomic E-state index is 0.0197. The number of benzene rings is 1. The Hall–Kier alpha value is -2.67. The number of imidazole rings is 1. The van der Waals surface area contributed by atoms with Crippen molar-refractivity contribution < 1.29 is 0 Å². The molecule has 0 atom stereocenters. The van der Waals surface area contributed by atoms with Crippen LogP contribution in [0, 0.1) is 0 Å². The van der Waals surface area contributed by atoms with Crippen LogP contribution < -0.4 is 10.6 Å². The van der Waals surface area contributed by atoms with E-state index in [2.05, 4.69) is 24.8 Å². The first kappa shape index (κ1) is 15.8. The summed E-state index contributed by atoms with van der Waals surface area (Å²) in [6.45, 7) is 5.70. The summed E-state index contributed by atoms with van der Waals surface area (Å²) in [4.78, 5) is 28.2. The number of piperazine rings is 1. The van der Waals surface area contributed by atoms with Crippen LogP contribution in [-0.4, -0.2) is 57.1 Å². The van der Waals surface area contributed by atoms with Crippen LogP contribution in [0.15, 0.2) is 47.7 Å². The van der Waals surface area contributed by atoms with Crippen LogP contribution >= 0.6 is 0 Å². The second kappa shape index (κ2) is 7.06. The number of para-hydroxylation sites is 2. The van der Waals surface area contributed by atoms with Gasteiger partial charge in [-0.05, 0) is 25.1 Å². The highest BCUT2D eigenvalue weighted by Crippen LogP contribution is 2.12. The number of rotatable bonds is 5. The molecule has 130 valence electrons. The topological polar surface area (TPSA) is 70.1 Å². The summed E-state index contributed by atoms with van der Waals surface area (Å²) >= 11 is 0. The van der Waals surface area contributed by atoms with Crippen molar-refractivity contribution in [2.45, 2.75) is 13.0 Å². The molecular formula is C18H22N6O. The lowest BCUT2D eigenvalue weighted by molar-refractivity contribution is 0.250. The maximum absolute atomic E-state index is 12.1. The molecule has 0 amide bonds. The molecule has 25 heavy (non-hydrogen) atoms. The molecule has 1 aliphatic heterocycles. The highest BCUT2D eigenvalue weighted by molar-refractivity contribution is 5.74. The van der Waals surface area contributed by atoms with Gasteiger partial charge >= 0.3 is 5.69 Å². The number of aromatic amines is 1. The maximum atomic E-state index is 12.1. The van der Waals surface area contributed by atoms with Gasteiger partial charge < -0.3 is 9.88 Å². The first-order valence-electron chi connectivity index (χ1n) is 8.72. The summed E-state index contributed by atoms with van der Waals surface area (Å²) in [6.07, 6.45) is 6.22. The van der Waals surface area contributed by atoms with Crippen LogP contribution in [-0.2, 0) is 6.54 Å². The van der Waals surface area contributed by atoms with E-state index in [4.69, 9.17) is 0 Å². The second-order valence-corrected chi connectivity index (χ2v) is 6.34. The molecule has 1 fully saturated rings. The smallest absolute Gasteiger partial charge is 0.326 e. The molecule has 1 aliphatic rings. The third-order valence-corrected chi connectivity index (χ3v) is 4.78. The van der Waals surface area contributed by atoms with Crippen molar-refractivity contribution in [3.63, 3.8) is 0 Å². The van der Waals surface area contributed by atoms with Crippen LogP contribution in [0.4, 0.5) is 5.82 Å². The Morgan fingerprint density at radius 2 is 1.88 bits per heavy atom. The van der Waals surface area contributed by atoms with Crippen LogP contribution in [0.25, 0.3) is 11.0 Å². The van der Waals surface area contributed by atoms with Gasteiger partial charge in [0, 0.05) is 45.1 Å². The Bertz CT molecular complexity index is 879. The summed E-state index contributed by atoms with van der Waals surface area (Å²) in [5.41, 5.74) is 1.87. The molecule has 0 unspecified atom stereocenters. The summed E-state index contributed by atoms with van der Waals surface area (Å²) in [5.74, 6) is 0.951. The zero-order chi connectivity index (χ0) is 17.1. The van der Waals surface area contributed by atoms with E-state index < -0.39 is 0 Å². The molecule has 7 heteroatoms. The van der Waals surface area contributed by atoms with Crippen molar-refractivity contribution in [3.05, 3.63) is 53.3 Å². The lowest BCUT2D eigenvalue weighted by Gasteiger charge is -2.35. The van der Waals surface area contributed by atoms with Crippen LogP contribution in [0.3, 0.4) is 0 Å². The van der Waals surface area contributed by atoms with Gasteiger partial charge in [0.25, 0.3) is 0 Å². The van der Waals surface area contributed by atoms with Gasteiger partial charge in [0.05, 0.1) is 17.2 Å². The number of hydrogen-bond donors (Lipinski definition) is 1. The molecule has 0 radical (unpaired) electrons. The Morgan fingerprint density at radius 3 is 2.68 bits per heavy atom. The van der Waals surface area contributed by atoms with Crippen molar-refractivity contribution >= 4 is 16.9 Å². The third-order valence-electron chi connectivity index (χ3n) is 4.78. The predicted molar refractivity (Wildman–Crippen MR) is 97.9 cm³/mol. The van der Waals surface area contributed by atoms with Crippen LogP contribution in [0.2, 0.25) is 0 Å². The molecular weight excluding hydrogens is 316 g/mol. The van der Waals surface area contributed by atoms with E-state index in [9.17, 15) is 4.79 Å². The summed E-state index contributed by atoms with van der Waals surface area (Å²) in [6, 6.07) is 7.85. The average Bonchev–Trinajstić information content (AvgIpc) is 2.99. The van der Waals surface area contributed by atoms with E-state index >= 15 is 0 Å². The van der Waals surface area contributed by atoms with Gasteiger partial charge in [-0.3, -0.25) is 14.5 Å². The fraction of sp³-hybridized carbons (Fsp3) is 0.389. The SMILES string of the molecule is O=c1[nH]c2ccccc2n1CCCN1CCN(c2cnccn2)CC1. The summed E-state index contributed by atoms with van der Waals surface area (Å²) in [5, 5.41) is 0. The molecule has 3 aromatic rings. The van der Waals surface area contributed by atoms with Crippen molar-refractivity contribution in [2.75, 3.05) is 37.6 Å². The number of aryl methyl sites for hydroxylation is 1. The van der Waals surface area contributed by atoms with E-state index in [0.29, 0.717) is 0 Å². The van der Waals surface area contributed by atoms with E-state index in [1.165, 1.54) is 0 Å². The Kier molecular flexibility index (Phi) is 4.47. The Labute approximate surface area is 145 Å². The van der Waals surface area contributed by atoms with Crippen molar-refractivity contribution in [2.24, 2.45) is 0 Å². The van der Waals surface area contributed by atoms with E-state index in [-0.39, 0.29) is 5.69 Å². The van der Waals surface area contributed by atoms with E-state index in [1.54, 1.807) is 12.4 Å². The summed E-state index contributed by atoms with van der Waals surface area (Å²) < 4.78 is 1.84. The summed E-state index contributed by atoms with van der Waals surface area (Å²) in [7, 11) is 0. The standard InChI is InChI=1S/C18H22N6O/c25-18-21-15-4-1-2-5-16(15)24(18)9-3-8-22-10-12-23(13-11-22)17-14-19-6-7-20-17/h1-2,4-7,14H,3,8-13H2,(H,21,25).